The summed E-state index contributed by atoms with van der Waals surface area (Å²) in [5.41, 5.74) is 7.29. The number of piperidine rings is 1. The van der Waals surface area contributed by atoms with Crippen molar-refractivity contribution in [1.82, 2.24) is 4.90 Å². The van der Waals surface area contributed by atoms with Crippen molar-refractivity contribution in [1.29, 1.82) is 0 Å². The molecule has 1 heterocycles. The lowest BCUT2D eigenvalue weighted by atomic mass is 9.96. The second kappa shape index (κ2) is 6.92. The summed E-state index contributed by atoms with van der Waals surface area (Å²) in [5, 5.41) is 0. The minimum Gasteiger partial charge on any atom is -0.494 e. The van der Waals surface area contributed by atoms with Gasteiger partial charge in [0.2, 0.25) is 0 Å². The molecule has 0 spiro atoms. The average molecular weight is 262 g/mol. The van der Waals surface area contributed by atoms with E-state index in [0.29, 0.717) is 13.2 Å². The Morgan fingerprint density at radius 2 is 2.21 bits per heavy atom. The molecule has 1 aromatic carbocycles. The smallest absolute Gasteiger partial charge is 0.124 e. The van der Waals surface area contributed by atoms with E-state index in [-0.39, 0.29) is 6.04 Å². The van der Waals surface area contributed by atoms with Gasteiger partial charge in [0.25, 0.3) is 0 Å². The molecule has 0 bridgehead atoms. The molecular formula is C16H26N2O. The molecule has 0 amide bonds. The molecule has 1 aliphatic heterocycles. The molecule has 3 heteroatoms. The second-order valence-corrected chi connectivity index (χ2v) is 5.46. The first-order valence-electron chi connectivity index (χ1n) is 7.42. The Morgan fingerprint density at radius 3 is 2.89 bits per heavy atom. The van der Waals surface area contributed by atoms with Crippen LogP contribution in [0.15, 0.2) is 24.3 Å². The number of benzene rings is 1. The van der Waals surface area contributed by atoms with Crippen LogP contribution in [-0.2, 0) is 0 Å². The van der Waals surface area contributed by atoms with Gasteiger partial charge in [-0.15, -0.1) is 0 Å². The van der Waals surface area contributed by atoms with Crippen LogP contribution in [0.1, 0.15) is 38.3 Å². The average Bonchev–Trinajstić information content (AvgIpc) is 2.42. The van der Waals surface area contributed by atoms with E-state index in [9.17, 15) is 0 Å². The molecule has 0 unspecified atom stereocenters. The first-order chi connectivity index (χ1) is 9.26. The highest BCUT2D eigenvalue weighted by Gasteiger charge is 2.26. The summed E-state index contributed by atoms with van der Waals surface area (Å²) in [5.74, 6) is 1.75. The summed E-state index contributed by atoms with van der Waals surface area (Å²) in [6.07, 6.45) is 2.61. The zero-order chi connectivity index (χ0) is 13.7. The van der Waals surface area contributed by atoms with Gasteiger partial charge in [0, 0.05) is 18.7 Å². The Labute approximate surface area is 116 Å². The third-order valence-electron chi connectivity index (χ3n) is 3.93. The molecule has 0 aliphatic carbocycles. The lowest BCUT2D eigenvalue weighted by Crippen LogP contribution is -2.40. The third-order valence-corrected chi connectivity index (χ3v) is 3.93. The molecule has 2 N–H and O–H groups in total. The van der Waals surface area contributed by atoms with Crippen molar-refractivity contribution in [2.45, 2.75) is 32.7 Å². The maximum atomic E-state index is 6.05. The van der Waals surface area contributed by atoms with Crippen molar-refractivity contribution in [3.8, 4) is 5.75 Å². The first-order valence-corrected chi connectivity index (χ1v) is 7.42. The van der Waals surface area contributed by atoms with Crippen LogP contribution in [0.3, 0.4) is 0 Å². The molecule has 1 fully saturated rings. The number of nitrogens with zero attached hydrogens (tertiary/aromatic N) is 1. The van der Waals surface area contributed by atoms with E-state index < -0.39 is 0 Å². The molecule has 0 saturated carbocycles. The minimum absolute atomic E-state index is 0.283. The maximum absolute atomic E-state index is 6.05. The number of likely N-dealkylation sites (tertiary alicyclic amines) is 1. The molecule has 1 saturated heterocycles. The highest BCUT2D eigenvalue weighted by atomic mass is 16.5. The summed E-state index contributed by atoms with van der Waals surface area (Å²) >= 11 is 0. The van der Waals surface area contributed by atoms with Crippen molar-refractivity contribution >= 4 is 0 Å². The zero-order valence-electron chi connectivity index (χ0n) is 12.1. The molecule has 0 radical (unpaired) electrons. The SMILES string of the molecule is CCOc1ccccc1[C@@H](CN)N1CCC[C@@H](C)C1. The number of hydrogen-bond donors (Lipinski definition) is 1. The van der Waals surface area contributed by atoms with Gasteiger partial charge < -0.3 is 10.5 Å². The minimum atomic E-state index is 0.283. The Bertz CT molecular complexity index is 394. The highest BCUT2D eigenvalue weighted by molar-refractivity contribution is 5.36. The van der Waals surface area contributed by atoms with Crippen molar-refractivity contribution in [3.05, 3.63) is 29.8 Å². The predicted octanol–water partition coefficient (Wildman–Crippen LogP) is 2.82. The van der Waals surface area contributed by atoms with Crippen LogP contribution in [0.4, 0.5) is 0 Å². The molecule has 0 aromatic heterocycles. The van der Waals surface area contributed by atoms with Crippen LogP contribution in [0, 0.1) is 5.92 Å². The van der Waals surface area contributed by atoms with Gasteiger partial charge in [-0.25, -0.2) is 0 Å². The molecule has 1 aromatic rings. The van der Waals surface area contributed by atoms with E-state index in [2.05, 4.69) is 30.0 Å². The van der Waals surface area contributed by atoms with Gasteiger partial charge in [-0.3, -0.25) is 4.90 Å². The van der Waals surface area contributed by atoms with Crippen LogP contribution in [0.25, 0.3) is 0 Å². The lowest BCUT2D eigenvalue weighted by Gasteiger charge is -2.37. The van der Waals surface area contributed by atoms with E-state index in [1.165, 1.54) is 18.4 Å². The Morgan fingerprint density at radius 1 is 1.42 bits per heavy atom. The molecule has 2 atom stereocenters. The van der Waals surface area contributed by atoms with Crippen molar-refractivity contribution in [2.24, 2.45) is 11.7 Å². The van der Waals surface area contributed by atoms with E-state index in [1.54, 1.807) is 0 Å². The largest absolute Gasteiger partial charge is 0.494 e. The first kappa shape index (κ1) is 14.4. The normalized spacial score (nSPS) is 22.2. The van der Waals surface area contributed by atoms with Gasteiger partial charge in [0.05, 0.1) is 12.6 Å². The molecular weight excluding hydrogens is 236 g/mol. The van der Waals surface area contributed by atoms with Crippen molar-refractivity contribution < 1.29 is 4.74 Å². The van der Waals surface area contributed by atoms with Crippen LogP contribution in [0.2, 0.25) is 0 Å². The summed E-state index contributed by atoms with van der Waals surface area (Å²) in [6.45, 7) is 7.99. The van der Waals surface area contributed by atoms with Crippen LogP contribution in [-0.4, -0.2) is 31.1 Å². The quantitative estimate of drug-likeness (QED) is 0.887. The standard InChI is InChI=1S/C16H26N2O/c1-3-19-16-9-5-4-8-14(16)15(11-17)18-10-6-7-13(2)12-18/h4-5,8-9,13,15H,3,6-7,10-12,17H2,1-2H3/t13-,15-/m1/s1. The van der Waals surface area contributed by atoms with Gasteiger partial charge in [-0.2, -0.15) is 0 Å². The van der Waals surface area contributed by atoms with Gasteiger partial charge >= 0.3 is 0 Å². The fraction of sp³-hybridized carbons (Fsp3) is 0.625. The Balaban J connectivity index is 2.20. The summed E-state index contributed by atoms with van der Waals surface area (Å²) < 4.78 is 5.76. The number of rotatable bonds is 5. The van der Waals surface area contributed by atoms with E-state index >= 15 is 0 Å². The number of nitrogens with two attached hydrogens (primary N) is 1. The Kier molecular flexibility index (Phi) is 5.23. The van der Waals surface area contributed by atoms with E-state index in [0.717, 1.165) is 24.8 Å². The van der Waals surface area contributed by atoms with E-state index in [1.807, 2.05) is 13.0 Å². The maximum Gasteiger partial charge on any atom is 0.124 e. The fourth-order valence-corrected chi connectivity index (χ4v) is 3.02. The second-order valence-electron chi connectivity index (χ2n) is 5.46. The summed E-state index contributed by atoms with van der Waals surface area (Å²) in [6, 6.07) is 8.59. The number of para-hydroxylation sites is 1. The molecule has 2 rings (SSSR count). The predicted molar refractivity (Wildman–Crippen MR) is 79.4 cm³/mol. The highest BCUT2D eigenvalue weighted by Crippen LogP contribution is 2.31. The number of ether oxygens (including phenoxy) is 1. The summed E-state index contributed by atoms with van der Waals surface area (Å²) in [7, 11) is 0. The Hall–Kier alpha value is -1.06. The molecule has 19 heavy (non-hydrogen) atoms. The molecule has 3 nitrogen and oxygen atoms in total. The number of hydrogen-bond acceptors (Lipinski definition) is 3. The third kappa shape index (κ3) is 3.48. The van der Waals surface area contributed by atoms with Crippen molar-refractivity contribution in [3.63, 3.8) is 0 Å². The van der Waals surface area contributed by atoms with Crippen LogP contribution >= 0.6 is 0 Å². The lowest BCUT2D eigenvalue weighted by molar-refractivity contribution is 0.130. The molecule has 106 valence electrons. The van der Waals surface area contributed by atoms with Gasteiger partial charge in [-0.05, 0) is 38.3 Å². The van der Waals surface area contributed by atoms with E-state index in [4.69, 9.17) is 10.5 Å². The fourth-order valence-electron chi connectivity index (χ4n) is 3.02. The monoisotopic (exact) mass is 262 g/mol. The molecule has 1 aliphatic rings. The van der Waals surface area contributed by atoms with Crippen LogP contribution < -0.4 is 10.5 Å². The van der Waals surface area contributed by atoms with Gasteiger partial charge in [-0.1, -0.05) is 25.1 Å². The zero-order valence-corrected chi connectivity index (χ0v) is 12.1. The van der Waals surface area contributed by atoms with Crippen molar-refractivity contribution in [2.75, 3.05) is 26.2 Å². The summed E-state index contributed by atoms with van der Waals surface area (Å²) in [4.78, 5) is 2.52. The topological polar surface area (TPSA) is 38.5 Å². The van der Waals surface area contributed by atoms with Gasteiger partial charge in [0.15, 0.2) is 0 Å². The van der Waals surface area contributed by atoms with Gasteiger partial charge in [0.1, 0.15) is 5.75 Å². The van der Waals surface area contributed by atoms with Crippen LogP contribution in [0.5, 0.6) is 5.75 Å².